The summed E-state index contributed by atoms with van der Waals surface area (Å²) in [5.41, 5.74) is -0.826. The van der Waals surface area contributed by atoms with E-state index in [0.29, 0.717) is 16.8 Å². The Kier molecular flexibility index (Phi) is 7.28. The van der Waals surface area contributed by atoms with Crippen LogP contribution in [0.1, 0.15) is 33.6 Å². The van der Waals surface area contributed by atoms with Gasteiger partial charge in [-0.1, -0.05) is 0 Å². The molecule has 0 spiro atoms. The first-order valence-corrected chi connectivity index (χ1v) is 9.66. The van der Waals surface area contributed by atoms with Crippen molar-refractivity contribution in [1.29, 1.82) is 0 Å². The summed E-state index contributed by atoms with van der Waals surface area (Å²) in [6.07, 6.45) is 0.415. The van der Waals surface area contributed by atoms with E-state index in [1.54, 1.807) is 13.8 Å². The van der Waals surface area contributed by atoms with Gasteiger partial charge in [-0.2, -0.15) is 17.5 Å². The zero-order valence-electron chi connectivity index (χ0n) is 15.1. The number of nitrogens with zero attached hydrogens (tertiary/aromatic N) is 2. The lowest BCUT2D eigenvalue weighted by Gasteiger charge is -2.32. The largest absolute Gasteiger partial charge is 0.511 e. The monoisotopic (exact) mass is 401 g/mol. The van der Waals surface area contributed by atoms with Crippen molar-refractivity contribution in [3.8, 4) is 0 Å². The number of nitrogens with one attached hydrogen (secondary N) is 2. The maximum atomic E-state index is 12.6. The molecule has 0 radical (unpaired) electrons. The maximum Gasteiger partial charge on any atom is 0.511 e. The molecular weight excluding hydrogens is 375 g/mol. The van der Waals surface area contributed by atoms with Crippen LogP contribution >= 0.6 is 0 Å². The molecule has 1 fully saturated rings. The van der Waals surface area contributed by atoms with E-state index in [1.807, 2.05) is 6.92 Å². The third kappa shape index (κ3) is 5.73. The topological polar surface area (TPSA) is 117 Å². The molecule has 0 aromatic carbocycles. The molecule has 12 heteroatoms. The molecule has 0 aromatic rings. The molecule has 1 aliphatic heterocycles. The molecule has 0 bridgehead atoms. The van der Waals surface area contributed by atoms with Gasteiger partial charge in [-0.05, 0) is 33.6 Å². The lowest BCUT2D eigenvalue weighted by molar-refractivity contribution is -0.125. The number of hydrogen-bond acceptors (Lipinski definition) is 4. The average Bonchev–Trinajstić information content (AvgIpc) is 2.52. The molecule has 1 amide bonds. The summed E-state index contributed by atoms with van der Waals surface area (Å²) >= 11 is 0. The van der Waals surface area contributed by atoms with Crippen molar-refractivity contribution in [3.05, 3.63) is 0 Å². The van der Waals surface area contributed by atoms with Gasteiger partial charge in [0.2, 0.25) is 5.91 Å². The smallest absolute Gasteiger partial charge is 0.369 e. The summed E-state index contributed by atoms with van der Waals surface area (Å²) in [7, 11) is -5.29. The highest BCUT2D eigenvalue weighted by molar-refractivity contribution is 7.90. The number of rotatable bonds is 6. The Morgan fingerprint density at radius 3 is 2.23 bits per heavy atom. The molecule has 1 rings (SSSR count). The van der Waals surface area contributed by atoms with E-state index in [1.165, 1.54) is 0 Å². The zero-order chi connectivity index (χ0) is 20.2. The fourth-order valence-corrected chi connectivity index (χ4v) is 3.24. The van der Waals surface area contributed by atoms with E-state index < -0.39 is 26.9 Å². The molecule has 0 saturated carbocycles. The van der Waals surface area contributed by atoms with E-state index in [0.717, 1.165) is 0 Å². The number of alkyl halides is 3. The Bertz CT molecular complexity index is 626. The summed E-state index contributed by atoms with van der Waals surface area (Å²) in [5.74, 6) is -0.0956. The quantitative estimate of drug-likeness (QED) is 0.439. The van der Waals surface area contributed by atoms with E-state index in [2.05, 4.69) is 15.6 Å². The first kappa shape index (κ1) is 22.5. The molecule has 0 atom stereocenters. The summed E-state index contributed by atoms with van der Waals surface area (Å²) in [4.78, 5) is 15.6. The van der Waals surface area contributed by atoms with Crippen LogP contribution in [-0.2, 0) is 14.8 Å². The number of amides is 1. The number of hydrogen-bond donors (Lipinski definition) is 3. The van der Waals surface area contributed by atoms with Crippen molar-refractivity contribution >= 4 is 21.9 Å². The average molecular weight is 401 g/mol. The van der Waals surface area contributed by atoms with Gasteiger partial charge in [-0.25, -0.2) is 8.42 Å². The lowest BCUT2D eigenvalue weighted by Crippen LogP contribution is -2.52. The number of sulfonamides is 1. The van der Waals surface area contributed by atoms with Crippen molar-refractivity contribution in [2.45, 2.75) is 45.2 Å². The van der Waals surface area contributed by atoms with Crippen molar-refractivity contribution in [3.63, 3.8) is 0 Å². The number of carbonyl (C=O) groups excluding carboxylic acids is 1. The summed E-state index contributed by atoms with van der Waals surface area (Å²) in [6.45, 7) is 5.38. The standard InChI is InChI=1S/C14H26F3N5O3S/c1-4-19-12(20-9-13(2,3)11(18)23)21-10-5-7-22(8-6-10)26(24,25)14(15,16)17/h10H,4-9H2,1-3H3,(H2,18,23)(H2,19,20,21). The van der Waals surface area contributed by atoms with Gasteiger partial charge in [0.05, 0.1) is 12.0 Å². The fraction of sp³-hybridized carbons (Fsp3) is 0.857. The van der Waals surface area contributed by atoms with Crippen LogP contribution in [-0.4, -0.2) is 62.3 Å². The van der Waals surface area contributed by atoms with E-state index in [4.69, 9.17) is 5.73 Å². The van der Waals surface area contributed by atoms with Gasteiger partial charge in [-0.15, -0.1) is 0 Å². The number of primary amides is 1. The Morgan fingerprint density at radius 1 is 1.27 bits per heavy atom. The Morgan fingerprint density at radius 2 is 1.81 bits per heavy atom. The Labute approximate surface area is 151 Å². The highest BCUT2D eigenvalue weighted by Gasteiger charge is 2.50. The van der Waals surface area contributed by atoms with Crippen LogP contribution in [0, 0.1) is 5.41 Å². The highest BCUT2D eigenvalue weighted by Crippen LogP contribution is 2.28. The predicted molar refractivity (Wildman–Crippen MR) is 91.7 cm³/mol. The second kappa shape index (κ2) is 8.42. The van der Waals surface area contributed by atoms with Crippen molar-refractivity contribution in [2.24, 2.45) is 16.1 Å². The van der Waals surface area contributed by atoms with Crippen LogP contribution < -0.4 is 16.4 Å². The second-order valence-electron chi connectivity index (χ2n) is 6.71. The van der Waals surface area contributed by atoms with E-state index in [9.17, 15) is 26.4 Å². The number of guanidine groups is 1. The first-order chi connectivity index (χ1) is 11.8. The minimum atomic E-state index is -5.29. The molecule has 0 aromatic heterocycles. The number of halogens is 3. The number of aliphatic imine (C=N–C) groups is 1. The molecule has 8 nitrogen and oxygen atoms in total. The molecule has 1 aliphatic rings. The molecule has 4 N–H and O–H groups in total. The van der Waals surface area contributed by atoms with Crippen LogP contribution in [0.3, 0.4) is 0 Å². The van der Waals surface area contributed by atoms with E-state index in [-0.39, 0.29) is 38.5 Å². The normalized spacial score (nSPS) is 18.6. The van der Waals surface area contributed by atoms with Gasteiger partial charge >= 0.3 is 15.5 Å². The summed E-state index contributed by atoms with van der Waals surface area (Å²) in [6, 6.07) is -0.232. The minimum absolute atomic E-state index is 0.138. The SMILES string of the molecule is CCNC(=NCC(C)(C)C(N)=O)NC1CCN(S(=O)(=O)C(F)(F)F)CC1. The fourth-order valence-electron chi connectivity index (χ4n) is 2.25. The lowest BCUT2D eigenvalue weighted by atomic mass is 9.93. The predicted octanol–water partition coefficient (Wildman–Crippen LogP) is 0.367. The molecule has 1 saturated heterocycles. The third-order valence-corrected chi connectivity index (χ3v) is 5.70. The Balaban J connectivity index is 2.69. The molecule has 0 unspecified atom stereocenters. The van der Waals surface area contributed by atoms with Crippen LogP contribution in [0.2, 0.25) is 0 Å². The van der Waals surface area contributed by atoms with Gasteiger partial charge in [0.15, 0.2) is 5.96 Å². The molecule has 0 aliphatic carbocycles. The van der Waals surface area contributed by atoms with Gasteiger partial charge in [0.25, 0.3) is 0 Å². The minimum Gasteiger partial charge on any atom is -0.369 e. The molecular formula is C14H26F3N5O3S. The van der Waals surface area contributed by atoms with Crippen molar-refractivity contribution in [2.75, 3.05) is 26.2 Å². The van der Waals surface area contributed by atoms with Crippen LogP contribution in [0.4, 0.5) is 13.2 Å². The van der Waals surface area contributed by atoms with Crippen LogP contribution in [0.5, 0.6) is 0 Å². The second-order valence-corrected chi connectivity index (χ2v) is 8.64. The molecule has 26 heavy (non-hydrogen) atoms. The summed E-state index contributed by atoms with van der Waals surface area (Å²) < 4.78 is 61.1. The highest BCUT2D eigenvalue weighted by atomic mass is 32.2. The van der Waals surface area contributed by atoms with Crippen molar-refractivity contribution < 1.29 is 26.4 Å². The number of carbonyl (C=O) groups is 1. The maximum absolute atomic E-state index is 12.6. The summed E-state index contributed by atoms with van der Waals surface area (Å²) in [5, 5.41) is 6.05. The Hall–Kier alpha value is -1.56. The van der Waals surface area contributed by atoms with Gasteiger partial charge in [0, 0.05) is 25.7 Å². The number of nitrogens with two attached hydrogens (primary N) is 1. The van der Waals surface area contributed by atoms with Crippen LogP contribution in [0.25, 0.3) is 0 Å². The van der Waals surface area contributed by atoms with E-state index >= 15 is 0 Å². The van der Waals surface area contributed by atoms with Crippen LogP contribution in [0.15, 0.2) is 4.99 Å². The zero-order valence-corrected chi connectivity index (χ0v) is 15.9. The molecule has 152 valence electrons. The van der Waals surface area contributed by atoms with Gasteiger partial charge in [-0.3, -0.25) is 9.79 Å². The molecule has 1 heterocycles. The van der Waals surface area contributed by atoms with Crippen molar-refractivity contribution in [1.82, 2.24) is 14.9 Å². The van der Waals surface area contributed by atoms with Gasteiger partial charge in [0.1, 0.15) is 0 Å². The number of piperidine rings is 1. The van der Waals surface area contributed by atoms with Gasteiger partial charge < -0.3 is 16.4 Å². The third-order valence-electron chi connectivity index (χ3n) is 4.07. The first-order valence-electron chi connectivity index (χ1n) is 8.22.